The van der Waals surface area contributed by atoms with Gasteiger partial charge >= 0.3 is 0 Å². The lowest BCUT2D eigenvalue weighted by Gasteiger charge is -2.07. The summed E-state index contributed by atoms with van der Waals surface area (Å²) in [4.78, 5) is 4.14. The third-order valence-corrected chi connectivity index (χ3v) is 2.70. The average Bonchev–Trinajstić information content (AvgIpc) is 2.73. The van der Waals surface area contributed by atoms with Crippen molar-refractivity contribution in [3.05, 3.63) is 28.7 Å². The van der Waals surface area contributed by atoms with E-state index in [1.165, 1.54) is 0 Å². The molecule has 0 aliphatic carbocycles. The van der Waals surface area contributed by atoms with Gasteiger partial charge in [0.05, 0.1) is 11.7 Å². The smallest absolute Gasteiger partial charge is 0.223 e. The van der Waals surface area contributed by atoms with Gasteiger partial charge in [0.25, 0.3) is 0 Å². The minimum absolute atomic E-state index is 0.383. The molecule has 0 fully saturated rings. The van der Waals surface area contributed by atoms with E-state index in [4.69, 9.17) is 10.3 Å². The Morgan fingerprint density at radius 2 is 2.00 bits per heavy atom. The normalized spacial score (nSPS) is 13.1. The number of hydrogen-bond donors (Lipinski definition) is 1. The van der Waals surface area contributed by atoms with Crippen molar-refractivity contribution in [2.24, 2.45) is 12.8 Å². The highest BCUT2D eigenvalue weighted by Gasteiger charge is 2.22. The number of nitrogens with zero attached hydrogens (tertiary/aromatic N) is 4. The van der Waals surface area contributed by atoms with E-state index in [2.05, 4.69) is 15.2 Å². The molecule has 6 nitrogen and oxygen atoms in total. The van der Waals surface area contributed by atoms with Crippen LogP contribution in [0.25, 0.3) is 0 Å². The van der Waals surface area contributed by atoms with Gasteiger partial charge in [-0.2, -0.15) is 10.1 Å². The van der Waals surface area contributed by atoms with Crippen molar-refractivity contribution in [3.8, 4) is 0 Å². The molecule has 16 heavy (non-hydrogen) atoms. The Morgan fingerprint density at radius 3 is 2.44 bits per heavy atom. The van der Waals surface area contributed by atoms with Crippen LogP contribution >= 0.6 is 0 Å². The Balaban J connectivity index is 2.44. The zero-order valence-corrected chi connectivity index (χ0v) is 9.85. The summed E-state index contributed by atoms with van der Waals surface area (Å²) in [6, 6.07) is -0.383. The predicted molar refractivity (Wildman–Crippen MR) is 57.7 cm³/mol. The lowest BCUT2D eigenvalue weighted by molar-refractivity contribution is 0.385. The first-order chi connectivity index (χ1) is 7.50. The van der Waals surface area contributed by atoms with Crippen molar-refractivity contribution >= 4 is 0 Å². The van der Waals surface area contributed by atoms with Crippen LogP contribution in [-0.2, 0) is 7.05 Å². The summed E-state index contributed by atoms with van der Waals surface area (Å²) in [7, 11) is 1.89. The number of nitrogens with two attached hydrogens (primary N) is 1. The van der Waals surface area contributed by atoms with Crippen LogP contribution in [0.15, 0.2) is 4.52 Å². The molecule has 0 saturated heterocycles. The molecule has 2 N–H and O–H groups in total. The molecule has 1 atom stereocenters. The van der Waals surface area contributed by atoms with Crippen molar-refractivity contribution in [1.82, 2.24) is 19.9 Å². The van der Waals surface area contributed by atoms with Gasteiger partial charge in [-0.25, -0.2) is 0 Å². The number of hydrogen-bond acceptors (Lipinski definition) is 5. The first-order valence-corrected chi connectivity index (χ1v) is 5.06. The molecule has 0 bridgehead atoms. The fraction of sp³-hybridized carbons (Fsp3) is 0.500. The van der Waals surface area contributed by atoms with Crippen LogP contribution in [-0.4, -0.2) is 19.9 Å². The Labute approximate surface area is 93.4 Å². The number of rotatable bonds is 2. The van der Waals surface area contributed by atoms with Crippen molar-refractivity contribution in [2.75, 3.05) is 0 Å². The zero-order valence-electron chi connectivity index (χ0n) is 9.85. The average molecular weight is 221 g/mol. The fourth-order valence-electron chi connectivity index (χ4n) is 1.81. The van der Waals surface area contributed by atoms with Crippen LogP contribution in [0.5, 0.6) is 0 Å². The van der Waals surface area contributed by atoms with E-state index in [0.29, 0.717) is 11.7 Å². The molecule has 0 saturated carbocycles. The second kappa shape index (κ2) is 3.71. The van der Waals surface area contributed by atoms with Crippen LogP contribution in [0, 0.1) is 20.8 Å². The lowest BCUT2D eigenvalue weighted by atomic mass is 10.1. The molecule has 6 heteroatoms. The van der Waals surface area contributed by atoms with Crippen LogP contribution < -0.4 is 5.73 Å². The van der Waals surface area contributed by atoms with Gasteiger partial charge in [-0.05, 0) is 13.8 Å². The van der Waals surface area contributed by atoms with Gasteiger partial charge in [0, 0.05) is 25.2 Å². The van der Waals surface area contributed by atoms with E-state index in [1.807, 2.05) is 20.9 Å². The van der Waals surface area contributed by atoms with Gasteiger partial charge < -0.3 is 10.3 Å². The topological polar surface area (TPSA) is 82.8 Å². The summed E-state index contributed by atoms with van der Waals surface area (Å²) in [6.45, 7) is 5.64. The molecule has 86 valence electrons. The van der Waals surface area contributed by atoms with Crippen LogP contribution in [0.2, 0.25) is 0 Å². The Bertz CT molecular complexity index is 513. The van der Waals surface area contributed by atoms with Crippen molar-refractivity contribution < 1.29 is 4.52 Å². The molecule has 0 aliphatic rings. The highest BCUT2D eigenvalue weighted by atomic mass is 16.5. The first kappa shape index (κ1) is 10.8. The Kier molecular flexibility index (Phi) is 2.51. The minimum atomic E-state index is -0.383. The molecule has 2 aromatic rings. The van der Waals surface area contributed by atoms with Gasteiger partial charge in [0.1, 0.15) is 0 Å². The van der Waals surface area contributed by atoms with Gasteiger partial charge in [-0.3, -0.25) is 4.68 Å². The van der Waals surface area contributed by atoms with Gasteiger partial charge in [-0.15, -0.1) is 0 Å². The molecule has 2 rings (SSSR count). The summed E-state index contributed by atoms with van der Waals surface area (Å²) < 4.78 is 6.73. The predicted octanol–water partition coefficient (Wildman–Crippen LogP) is 0.776. The first-order valence-electron chi connectivity index (χ1n) is 5.06. The Hall–Kier alpha value is -1.69. The lowest BCUT2D eigenvalue weighted by Crippen LogP contribution is -2.15. The SMILES string of the molecule is Cc1nc(C(N)c2c(C)nn(C)c2C)no1. The molecule has 2 heterocycles. The molecule has 2 aromatic heterocycles. The van der Waals surface area contributed by atoms with Crippen LogP contribution in [0.4, 0.5) is 0 Å². The van der Waals surface area contributed by atoms with Gasteiger partial charge in [0.2, 0.25) is 5.89 Å². The van der Waals surface area contributed by atoms with E-state index in [9.17, 15) is 0 Å². The molecule has 0 aromatic carbocycles. The summed E-state index contributed by atoms with van der Waals surface area (Å²) in [6.07, 6.45) is 0. The summed E-state index contributed by atoms with van der Waals surface area (Å²) in [5.74, 6) is 1.02. The van der Waals surface area contributed by atoms with Crippen LogP contribution in [0.1, 0.15) is 34.7 Å². The minimum Gasteiger partial charge on any atom is -0.340 e. The monoisotopic (exact) mass is 221 g/mol. The largest absolute Gasteiger partial charge is 0.340 e. The maximum absolute atomic E-state index is 6.11. The molecular formula is C10H15N5O. The summed E-state index contributed by atoms with van der Waals surface area (Å²) >= 11 is 0. The van der Waals surface area contributed by atoms with E-state index >= 15 is 0 Å². The molecule has 0 aliphatic heterocycles. The summed E-state index contributed by atoms with van der Waals surface area (Å²) in [5, 5.41) is 8.15. The third kappa shape index (κ3) is 1.61. The highest BCUT2D eigenvalue weighted by molar-refractivity contribution is 5.31. The zero-order chi connectivity index (χ0) is 11.9. The van der Waals surface area contributed by atoms with Gasteiger partial charge in [-0.1, -0.05) is 5.16 Å². The molecule has 1 unspecified atom stereocenters. The van der Waals surface area contributed by atoms with E-state index in [-0.39, 0.29) is 6.04 Å². The molecule has 0 spiro atoms. The quantitative estimate of drug-likeness (QED) is 0.810. The molecule has 0 radical (unpaired) electrons. The van der Waals surface area contributed by atoms with Crippen molar-refractivity contribution in [1.29, 1.82) is 0 Å². The van der Waals surface area contributed by atoms with E-state index < -0.39 is 0 Å². The van der Waals surface area contributed by atoms with E-state index in [0.717, 1.165) is 17.0 Å². The van der Waals surface area contributed by atoms with E-state index in [1.54, 1.807) is 11.6 Å². The van der Waals surface area contributed by atoms with Crippen molar-refractivity contribution in [3.63, 3.8) is 0 Å². The standard InChI is InChI=1S/C10H15N5O/c1-5-8(6(2)15(4)13-5)9(11)10-12-7(3)16-14-10/h9H,11H2,1-4H3. The highest BCUT2D eigenvalue weighted by Crippen LogP contribution is 2.23. The maximum Gasteiger partial charge on any atom is 0.223 e. The van der Waals surface area contributed by atoms with Crippen molar-refractivity contribution in [2.45, 2.75) is 26.8 Å². The second-order valence-corrected chi connectivity index (χ2v) is 3.86. The number of aromatic nitrogens is 4. The number of aryl methyl sites for hydroxylation is 3. The van der Waals surface area contributed by atoms with Gasteiger partial charge in [0.15, 0.2) is 5.82 Å². The third-order valence-electron chi connectivity index (χ3n) is 2.70. The second-order valence-electron chi connectivity index (χ2n) is 3.86. The van der Waals surface area contributed by atoms with Crippen LogP contribution in [0.3, 0.4) is 0 Å². The molecule has 0 amide bonds. The fourth-order valence-corrected chi connectivity index (χ4v) is 1.81. The maximum atomic E-state index is 6.11. The Morgan fingerprint density at radius 1 is 1.31 bits per heavy atom. The summed E-state index contributed by atoms with van der Waals surface area (Å²) in [5.41, 5.74) is 8.99. The molecular weight excluding hydrogens is 206 g/mol.